The zero-order valence-corrected chi connectivity index (χ0v) is 10.7. The minimum atomic E-state index is -1.32. The molecule has 0 aliphatic carbocycles. The van der Waals surface area contributed by atoms with Gasteiger partial charge in [-0.15, -0.1) is 0 Å². The van der Waals surface area contributed by atoms with E-state index in [0.717, 1.165) is 11.1 Å². The summed E-state index contributed by atoms with van der Waals surface area (Å²) in [6.45, 7) is 0.124. The average molecular weight is 301 g/mol. The van der Waals surface area contributed by atoms with Crippen LogP contribution in [0, 0.1) is 10.1 Å². The Balaban J connectivity index is 2.29. The number of carbonyl (C=O) groups is 1. The van der Waals surface area contributed by atoms with Crippen LogP contribution in [0.4, 0.5) is 15.0 Å². The largest absolute Gasteiger partial charge is 0.465 e. The summed E-state index contributed by atoms with van der Waals surface area (Å²) in [6.07, 6.45) is -0.914. The molecule has 21 heavy (non-hydrogen) atoms. The highest BCUT2D eigenvalue weighted by Gasteiger charge is 2.39. The van der Waals surface area contributed by atoms with E-state index >= 15 is 0 Å². The lowest BCUT2D eigenvalue weighted by molar-refractivity contribution is -0.386. The third-order valence-electron chi connectivity index (χ3n) is 3.08. The molecule has 1 aromatic heterocycles. The predicted molar refractivity (Wildman–Crippen MR) is 65.3 cm³/mol. The number of hydrogen-bond donors (Lipinski definition) is 1. The van der Waals surface area contributed by atoms with Crippen molar-refractivity contribution in [2.24, 2.45) is 0 Å². The molecule has 2 rings (SSSR count). The Morgan fingerprint density at radius 2 is 2.38 bits per heavy atom. The van der Waals surface area contributed by atoms with Crippen LogP contribution in [-0.4, -0.2) is 44.9 Å². The number of nitrogens with zero attached hydrogens (tertiary/aromatic N) is 3. The number of rotatable bonds is 4. The Labute approximate surface area is 117 Å². The van der Waals surface area contributed by atoms with E-state index in [2.05, 4.69) is 9.93 Å². The van der Waals surface area contributed by atoms with Crippen LogP contribution in [-0.2, 0) is 4.94 Å². The molecule has 1 fully saturated rings. The quantitative estimate of drug-likeness (QED) is 0.665. The van der Waals surface area contributed by atoms with Gasteiger partial charge in [0.1, 0.15) is 6.20 Å². The van der Waals surface area contributed by atoms with Gasteiger partial charge in [-0.3, -0.25) is 20.0 Å². The molecular formula is C11H12FN3O6. The number of amides is 1. The fourth-order valence-electron chi connectivity index (χ4n) is 2.11. The maximum absolute atomic E-state index is 12.6. The van der Waals surface area contributed by atoms with Gasteiger partial charge in [0.25, 0.3) is 0 Å². The summed E-state index contributed by atoms with van der Waals surface area (Å²) >= 11 is 0. The van der Waals surface area contributed by atoms with E-state index in [1.807, 2.05) is 0 Å². The van der Waals surface area contributed by atoms with Gasteiger partial charge in [0, 0.05) is 18.8 Å². The molecule has 1 aliphatic rings. The topological polar surface area (TPSA) is 115 Å². The van der Waals surface area contributed by atoms with E-state index in [4.69, 9.17) is 9.84 Å². The summed E-state index contributed by atoms with van der Waals surface area (Å²) in [7, 11) is 0. The number of hydrogen-bond acceptors (Lipinski definition) is 6. The summed E-state index contributed by atoms with van der Waals surface area (Å²) in [5.74, 6) is -0.199. The second kappa shape index (κ2) is 6.31. The van der Waals surface area contributed by atoms with Crippen molar-refractivity contribution in [1.82, 2.24) is 9.88 Å². The van der Waals surface area contributed by atoms with E-state index in [1.165, 1.54) is 12.3 Å². The highest BCUT2D eigenvalue weighted by Crippen LogP contribution is 2.30. The number of nitro groups is 1. The van der Waals surface area contributed by atoms with Gasteiger partial charge in [0.05, 0.1) is 4.92 Å². The van der Waals surface area contributed by atoms with Crippen LogP contribution in [0.3, 0.4) is 0 Å². The van der Waals surface area contributed by atoms with Crippen molar-refractivity contribution in [2.75, 3.05) is 6.54 Å². The number of ether oxygens (including phenoxy) is 1. The molecule has 1 aliphatic heterocycles. The maximum atomic E-state index is 12.6. The van der Waals surface area contributed by atoms with Crippen molar-refractivity contribution >= 4 is 11.8 Å². The van der Waals surface area contributed by atoms with Gasteiger partial charge >= 0.3 is 11.8 Å². The first-order valence-corrected chi connectivity index (χ1v) is 6.06. The Hall–Kier alpha value is -2.49. The van der Waals surface area contributed by atoms with E-state index in [1.54, 1.807) is 0 Å². The molecule has 1 unspecified atom stereocenters. The Bertz CT molecular complexity index is 542. The molecule has 10 heteroatoms. The van der Waals surface area contributed by atoms with Gasteiger partial charge in [-0.25, -0.2) is 4.79 Å². The molecule has 2 heterocycles. The predicted octanol–water partition coefficient (Wildman–Crippen LogP) is 1.74. The standard InChI is InChI=1S/C11H12FN3O6/c12-21-9-2-1-5-14(11(16)17)10(9)20-8-3-4-13-6-7(8)15(18)19/h3-4,6,9-10H,1-2,5H2,(H,16,17)/t9-,10?/m0/s1. The molecule has 1 aromatic rings. The van der Waals surface area contributed by atoms with Crippen molar-refractivity contribution in [3.05, 3.63) is 28.6 Å². The van der Waals surface area contributed by atoms with Gasteiger partial charge in [-0.2, -0.15) is 4.94 Å². The molecular weight excluding hydrogens is 289 g/mol. The van der Waals surface area contributed by atoms with E-state index < -0.39 is 29.0 Å². The first kappa shape index (κ1) is 14.9. The highest BCUT2D eigenvalue weighted by molar-refractivity contribution is 5.65. The lowest BCUT2D eigenvalue weighted by atomic mass is 10.1. The van der Waals surface area contributed by atoms with Crippen LogP contribution in [0.15, 0.2) is 18.5 Å². The molecule has 1 N–H and O–H groups in total. The Morgan fingerprint density at radius 3 is 3.00 bits per heavy atom. The molecule has 1 saturated heterocycles. The summed E-state index contributed by atoms with van der Waals surface area (Å²) in [5.41, 5.74) is -0.439. The van der Waals surface area contributed by atoms with Crippen molar-refractivity contribution in [1.29, 1.82) is 0 Å². The fourth-order valence-corrected chi connectivity index (χ4v) is 2.11. The molecule has 0 aromatic carbocycles. The zero-order valence-electron chi connectivity index (χ0n) is 10.7. The fraction of sp³-hybridized carbons (Fsp3) is 0.455. The van der Waals surface area contributed by atoms with E-state index in [-0.39, 0.29) is 18.7 Å². The molecule has 0 radical (unpaired) electrons. The third-order valence-corrected chi connectivity index (χ3v) is 3.08. The van der Waals surface area contributed by atoms with Crippen LogP contribution < -0.4 is 4.74 Å². The summed E-state index contributed by atoms with van der Waals surface area (Å²) in [4.78, 5) is 29.5. The minimum Gasteiger partial charge on any atom is -0.465 e. The normalized spacial score (nSPS) is 21.9. The SMILES string of the molecule is O=C(O)N1CCC[C@H](OF)C1Oc1ccncc1[N+](=O)[O-]. The number of halogens is 1. The second-order valence-corrected chi connectivity index (χ2v) is 4.35. The van der Waals surface area contributed by atoms with Gasteiger partial charge in [-0.05, 0) is 17.4 Å². The summed E-state index contributed by atoms with van der Waals surface area (Å²) in [6, 6.07) is 1.21. The maximum Gasteiger partial charge on any atom is 0.410 e. The van der Waals surface area contributed by atoms with Gasteiger partial charge in [0.2, 0.25) is 12.0 Å². The van der Waals surface area contributed by atoms with Crippen molar-refractivity contribution < 1.29 is 29.0 Å². The number of likely N-dealkylation sites (tertiary alicyclic amines) is 1. The van der Waals surface area contributed by atoms with Crippen LogP contribution in [0.2, 0.25) is 0 Å². The molecule has 0 spiro atoms. The Kier molecular flexibility index (Phi) is 4.48. The van der Waals surface area contributed by atoms with Gasteiger partial charge in [-0.1, -0.05) is 0 Å². The van der Waals surface area contributed by atoms with E-state index in [0.29, 0.717) is 6.42 Å². The molecule has 2 atom stereocenters. The van der Waals surface area contributed by atoms with Crippen molar-refractivity contribution in [3.63, 3.8) is 0 Å². The van der Waals surface area contributed by atoms with Crippen molar-refractivity contribution in [2.45, 2.75) is 25.2 Å². The van der Waals surface area contributed by atoms with Gasteiger partial charge < -0.3 is 9.84 Å². The van der Waals surface area contributed by atoms with Crippen LogP contribution in [0.1, 0.15) is 12.8 Å². The van der Waals surface area contributed by atoms with E-state index in [9.17, 15) is 19.4 Å². The average Bonchev–Trinajstić information content (AvgIpc) is 2.47. The number of aromatic nitrogens is 1. The number of piperidine rings is 1. The van der Waals surface area contributed by atoms with Crippen LogP contribution in [0.5, 0.6) is 5.75 Å². The molecule has 0 saturated carbocycles. The molecule has 114 valence electrons. The summed E-state index contributed by atoms with van der Waals surface area (Å²) < 4.78 is 17.9. The summed E-state index contributed by atoms with van der Waals surface area (Å²) in [5, 5.41) is 20.0. The monoisotopic (exact) mass is 301 g/mol. The van der Waals surface area contributed by atoms with Crippen LogP contribution in [0.25, 0.3) is 0 Å². The smallest absolute Gasteiger partial charge is 0.410 e. The first-order chi connectivity index (χ1) is 10.0. The second-order valence-electron chi connectivity index (χ2n) is 4.35. The van der Waals surface area contributed by atoms with Crippen molar-refractivity contribution in [3.8, 4) is 5.75 Å². The lowest BCUT2D eigenvalue weighted by Gasteiger charge is -2.36. The molecule has 1 amide bonds. The van der Waals surface area contributed by atoms with Crippen LogP contribution >= 0.6 is 0 Å². The number of carboxylic acid groups (broad SMARTS) is 1. The minimum absolute atomic E-state index is 0.124. The molecule has 9 nitrogen and oxygen atoms in total. The zero-order chi connectivity index (χ0) is 15.4. The first-order valence-electron chi connectivity index (χ1n) is 6.06. The highest BCUT2D eigenvalue weighted by atomic mass is 19.3. The Morgan fingerprint density at radius 1 is 1.62 bits per heavy atom. The molecule has 0 bridgehead atoms. The van der Waals surface area contributed by atoms with Gasteiger partial charge in [0.15, 0.2) is 6.10 Å². The lowest BCUT2D eigenvalue weighted by Crippen LogP contribution is -2.54. The third kappa shape index (κ3) is 3.16. The number of pyridine rings is 1.